The van der Waals surface area contributed by atoms with Crippen molar-refractivity contribution in [2.24, 2.45) is 0 Å². The summed E-state index contributed by atoms with van der Waals surface area (Å²) in [5.41, 5.74) is 4.35. The third-order valence-corrected chi connectivity index (χ3v) is 3.48. The van der Waals surface area contributed by atoms with E-state index in [0.717, 1.165) is 28.1 Å². The van der Waals surface area contributed by atoms with Crippen LogP contribution in [0, 0.1) is 6.92 Å². The minimum atomic E-state index is 0.512. The largest absolute Gasteiger partial charge is 0.354 e. The van der Waals surface area contributed by atoms with E-state index in [0.29, 0.717) is 10.0 Å². The zero-order valence-electron chi connectivity index (χ0n) is 10.0. The van der Waals surface area contributed by atoms with Crippen LogP contribution in [0.3, 0.4) is 0 Å². The molecule has 0 amide bonds. The monoisotopic (exact) mass is 292 g/mol. The highest BCUT2D eigenvalue weighted by molar-refractivity contribution is 6.42. The van der Waals surface area contributed by atoms with E-state index in [9.17, 15) is 0 Å². The van der Waals surface area contributed by atoms with Gasteiger partial charge in [-0.2, -0.15) is 5.10 Å². The molecule has 0 aliphatic carbocycles. The van der Waals surface area contributed by atoms with Crippen LogP contribution in [-0.4, -0.2) is 15.2 Å². The van der Waals surface area contributed by atoms with E-state index in [1.807, 2.05) is 19.1 Å². The van der Waals surface area contributed by atoms with E-state index in [1.165, 1.54) is 0 Å². The van der Waals surface area contributed by atoms with Crippen LogP contribution < -0.4 is 5.32 Å². The van der Waals surface area contributed by atoms with Crippen molar-refractivity contribution in [3.05, 3.63) is 46.2 Å². The van der Waals surface area contributed by atoms with Gasteiger partial charge in [0.05, 0.1) is 21.9 Å². The summed E-state index contributed by atoms with van der Waals surface area (Å²) >= 11 is 11.9. The molecule has 0 unspecified atom stereocenters. The van der Waals surface area contributed by atoms with Crippen molar-refractivity contribution in [1.29, 1.82) is 0 Å². The minimum absolute atomic E-state index is 0.512. The number of benzene rings is 1. The lowest BCUT2D eigenvalue weighted by atomic mass is 10.2. The van der Waals surface area contributed by atoms with Gasteiger partial charge in [-0.1, -0.05) is 23.2 Å². The molecule has 1 aromatic carbocycles. The third kappa shape index (κ3) is 2.37. The van der Waals surface area contributed by atoms with Gasteiger partial charge in [0.25, 0.3) is 0 Å². The smallest absolute Gasteiger partial charge is 0.110 e. The predicted octanol–water partition coefficient (Wildman–Crippen LogP) is 4.32. The van der Waals surface area contributed by atoms with Gasteiger partial charge in [-0.15, -0.1) is 0 Å². The molecule has 0 radical (unpaired) electrons. The zero-order valence-corrected chi connectivity index (χ0v) is 11.5. The molecule has 0 aliphatic heterocycles. The molecule has 2 aromatic heterocycles. The molecule has 3 aromatic rings. The molecule has 4 nitrogen and oxygen atoms in total. The Hall–Kier alpha value is -1.78. The number of hydrogen-bond donors (Lipinski definition) is 2. The Morgan fingerprint density at radius 3 is 2.79 bits per heavy atom. The fourth-order valence-electron chi connectivity index (χ4n) is 1.89. The molecule has 2 N–H and O–H groups in total. The Balaban J connectivity index is 2.04. The van der Waals surface area contributed by atoms with Crippen LogP contribution in [0.2, 0.25) is 10.0 Å². The Kier molecular flexibility index (Phi) is 3.05. The maximum absolute atomic E-state index is 6.00. The van der Waals surface area contributed by atoms with E-state index in [1.54, 1.807) is 18.3 Å². The second kappa shape index (κ2) is 4.72. The van der Waals surface area contributed by atoms with Crippen LogP contribution >= 0.6 is 23.2 Å². The van der Waals surface area contributed by atoms with Crippen molar-refractivity contribution in [1.82, 2.24) is 15.2 Å². The van der Waals surface area contributed by atoms with Crippen molar-refractivity contribution < 1.29 is 0 Å². The number of anilines is 2. The summed E-state index contributed by atoms with van der Waals surface area (Å²) in [5, 5.41) is 11.3. The van der Waals surface area contributed by atoms with E-state index >= 15 is 0 Å². The van der Waals surface area contributed by atoms with Gasteiger partial charge in [-0.05, 0) is 31.2 Å². The van der Waals surface area contributed by atoms with Gasteiger partial charge in [-0.25, -0.2) is 4.98 Å². The summed E-state index contributed by atoms with van der Waals surface area (Å²) in [7, 11) is 0. The highest BCUT2D eigenvalue weighted by Crippen LogP contribution is 2.29. The number of aromatic amines is 1. The van der Waals surface area contributed by atoms with Crippen LogP contribution in [0.4, 0.5) is 11.4 Å². The molecule has 3 rings (SSSR count). The molecule has 0 fully saturated rings. The number of aromatic nitrogens is 3. The van der Waals surface area contributed by atoms with Gasteiger partial charge >= 0.3 is 0 Å². The normalized spacial score (nSPS) is 10.9. The Morgan fingerprint density at radius 2 is 2.00 bits per heavy atom. The summed E-state index contributed by atoms with van der Waals surface area (Å²) < 4.78 is 0. The summed E-state index contributed by atoms with van der Waals surface area (Å²) in [6.45, 7) is 1.94. The summed E-state index contributed by atoms with van der Waals surface area (Å²) in [5.74, 6) is 0. The van der Waals surface area contributed by atoms with Crippen LogP contribution in [0.25, 0.3) is 11.0 Å². The lowest BCUT2D eigenvalue weighted by Gasteiger charge is -2.09. The Bertz CT molecular complexity index is 751. The van der Waals surface area contributed by atoms with E-state index < -0.39 is 0 Å². The SMILES string of the molecule is Cc1cc(Nc2ccc(Cl)c(Cl)c2)c2[nH]ncc2n1. The number of nitrogens with one attached hydrogen (secondary N) is 2. The van der Waals surface area contributed by atoms with Crippen molar-refractivity contribution >= 4 is 45.6 Å². The van der Waals surface area contributed by atoms with Crippen LogP contribution in [0.15, 0.2) is 30.5 Å². The number of fused-ring (bicyclic) bond motifs is 1. The molecular formula is C13H10Cl2N4. The molecule has 6 heteroatoms. The summed E-state index contributed by atoms with van der Waals surface area (Å²) in [4.78, 5) is 4.39. The average molecular weight is 293 g/mol. The van der Waals surface area contributed by atoms with Gasteiger partial charge in [-0.3, -0.25) is 5.10 Å². The molecule has 0 saturated heterocycles. The maximum atomic E-state index is 6.00. The van der Waals surface area contributed by atoms with Gasteiger partial charge in [0.15, 0.2) is 0 Å². The number of aryl methyl sites for hydroxylation is 1. The molecule has 0 bridgehead atoms. The topological polar surface area (TPSA) is 53.6 Å². The minimum Gasteiger partial charge on any atom is -0.354 e. The van der Waals surface area contributed by atoms with E-state index in [4.69, 9.17) is 23.2 Å². The maximum Gasteiger partial charge on any atom is 0.110 e. The first-order chi connectivity index (χ1) is 9.13. The fraction of sp³-hybridized carbons (Fsp3) is 0.0769. The standard InChI is InChI=1S/C13H10Cl2N4/c1-7-4-11(13-12(17-7)6-16-19-13)18-8-2-3-9(14)10(15)5-8/h2-6H,1H3,(H,16,19)(H,17,18). The second-order valence-electron chi connectivity index (χ2n) is 4.20. The van der Waals surface area contributed by atoms with Gasteiger partial charge in [0.1, 0.15) is 11.0 Å². The van der Waals surface area contributed by atoms with Gasteiger partial charge in [0, 0.05) is 11.4 Å². The van der Waals surface area contributed by atoms with Crippen molar-refractivity contribution in [3.63, 3.8) is 0 Å². The Labute approximate surface area is 119 Å². The van der Waals surface area contributed by atoms with Gasteiger partial charge < -0.3 is 5.32 Å². The van der Waals surface area contributed by atoms with E-state index in [2.05, 4.69) is 20.5 Å². The number of rotatable bonds is 2. The van der Waals surface area contributed by atoms with Crippen molar-refractivity contribution in [2.75, 3.05) is 5.32 Å². The van der Waals surface area contributed by atoms with Gasteiger partial charge in [0.2, 0.25) is 0 Å². The molecule has 0 spiro atoms. The van der Waals surface area contributed by atoms with Crippen LogP contribution in [0.5, 0.6) is 0 Å². The molecule has 0 atom stereocenters. The zero-order chi connectivity index (χ0) is 13.4. The first-order valence-corrected chi connectivity index (χ1v) is 6.42. The molecule has 0 aliphatic rings. The predicted molar refractivity (Wildman–Crippen MR) is 78.4 cm³/mol. The molecule has 96 valence electrons. The second-order valence-corrected chi connectivity index (χ2v) is 5.01. The molecule has 19 heavy (non-hydrogen) atoms. The molecule has 0 saturated carbocycles. The summed E-state index contributed by atoms with van der Waals surface area (Å²) in [6, 6.07) is 7.35. The lowest BCUT2D eigenvalue weighted by Crippen LogP contribution is -1.94. The highest BCUT2D eigenvalue weighted by Gasteiger charge is 2.07. The first-order valence-electron chi connectivity index (χ1n) is 5.66. The fourth-order valence-corrected chi connectivity index (χ4v) is 2.19. The molecule has 2 heterocycles. The number of halogens is 2. The highest BCUT2D eigenvalue weighted by atomic mass is 35.5. The van der Waals surface area contributed by atoms with Crippen LogP contribution in [-0.2, 0) is 0 Å². The van der Waals surface area contributed by atoms with Crippen molar-refractivity contribution in [2.45, 2.75) is 6.92 Å². The first kappa shape index (κ1) is 12.3. The third-order valence-electron chi connectivity index (χ3n) is 2.74. The van der Waals surface area contributed by atoms with E-state index in [-0.39, 0.29) is 0 Å². The number of pyridine rings is 1. The lowest BCUT2D eigenvalue weighted by molar-refractivity contribution is 1.12. The molecular weight excluding hydrogens is 283 g/mol. The number of hydrogen-bond acceptors (Lipinski definition) is 3. The van der Waals surface area contributed by atoms with Crippen molar-refractivity contribution in [3.8, 4) is 0 Å². The quantitative estimate of drug-likeness (QED) is 0.740. The number of nitrogens with zero attached hydrogens (tertiary/aromatic N) is 2. The average Bonchev–Trinajstić information content (AvgIpc) is 2.82. The Morgan fingerprint density at radius 1 is 1.16 bits per heavy atom. The summed E-state index contributed by atoms with van der Waals surface area (Å²) in [6.07, 6.45) is 1.70. The van der Waals surface area contributed by atoms with Crippen LogP contribution in [0.1, 0.15) is 5.69 Å². The number of H-pyrrole nitrogens is 1.